The lowest BCUT2D eigenvalue weighted by Gasteiger charge is -2.07. The molecule has 2 rings (SSSR count). The summed E-state index contributed by atoms with van der Waals surface area (Å²) in [4.78, 5) is 10.8. The average Bonchev–Trinajstić information content (AvgIpc) is 2.64. The van der Waals surface area contributed by atoms with Crippen molar-refractivity contribution >= 4 is 5.97 Å². The van der Waals surface area contributed by atoms with Gasteiger partial charge in [0.1, 0.15) is 11.5 Å². The molecule has 0 bridgehead atoms. The zero-order valence-electron chi connectivity index (χ0n) is 14.5. The first kappa shape index (κ1) is 18.8. The molecule has 4 nitrogen and oxygen atoms in total. The molecule has 2 aromatic carbocycles. The fraction of sp³-hybridized carbons (Fsp3) is 0.381. The molecule has 134 valence electrons. The summed E-state index contributed by atoms with van der Waals surface area (Å²) in [5.74, 6) is 0.750. The van der Waals surface area contributed by atoms with Crippen LogP contribution in [0.25, 0.3) is 0 Å². The van der Waals surface area contributed by atoms with Crippen molar-refractivity contribution in [3.05, 3.63) is 60.2 Å². The Labute approximate surface area is 149 Å². The van der Waals surface area contributed by atoms with Crippen LogP contribution in [0.5, 0.6) is 11.5 Å². The number of hydrogen-bond acceptors (Lipinski definition) is 3. The summed E-state index contributed by atoms with van der Waals surface area (Å²) in [5.41, 5.74) is 0.281. The third-order valence-electron chi connectivity index (χ3n) is 3.92. The molecule has 0 heterocycles. The first-order valence-corrected chi connectivity index (χ1v) is 8.90. The molecular weight excluding hydrogens is 316 g/mol. The zero-order chi connectivity index (χ0) is 17.7. The van der Waals surface area contributed by atoms with Crippen LogP contribution < -0.4 is 9.47 Å². The summed E-state index contributed by atoms with van der Waals surface area (Å²) in [6, 6.07) is 16.5. The van der Waals surface area contributed by atoms with Gasteiger partial charge in [-0.2, -0.15) is 0 Å². The first-order valence-electron chi connectivity index (χ1n) is 8.90. The van der Waals surface area contributed by atoms with Crippen LogP contribution in [0.2, 0.25) is 0 Å². The first-order chi connectivity index (χ1) is 12.3. The van der Waals surface area contributed by atoms with Gasteiger partial charge in [0.2, 0.25) is 0 Å². The molecular formula is C21H26O4. The maximum Gasteiger partial charge on any atom is 0.335 e. The zero-order valence-corrected chi connectivity index (χ0v) is 14.5. The van der Waals surface area contributed by atoms with Crippen LogP contribution in [-0.2, 0) is 0 Å². The van der Waals surface area contributed by atoms with Crippen molar-refractivity contribution in [2.24, 2.45) is 0 Å². The average molecular weight is 342 g/mol. The summed E-state index contributed by atoms with van der Waals surface area (Å²) in [7, 11) is 0. The molecule has 0 aliphatic heterocycles. The Morgan fingerprint density at radius 3 is 1.68 bits per heavy atom. The Bertz CT molecular complexity index is 608. The summed E-state index contributed by atoms with van der Waals surface area (Å²) in [6.07, 6.45) is 6.84. The summed E-state index contributed by atoms with van der Waals surface area (Å²) < 4.78 is 11.3. The van der Waals surface area contributed by atoms with Gasteiger partial charge in [0, 0.05) is 0 Å². The minimum absolute atomic E-state index is 0.281. The van der Waals surface area contributed by atoms with Crippen LogP contribution in [0.1, 0.15) is 48.9 Å². The fourth-order valence-corrected chi connectivity index (χ4v) is 2.50. The molecule has 1 N–H and O–H groups in total. The molecule has 0 amide bonds. The van der Waals surface area contributed by atoms with Gasteiger partial charge in [-0.3, -0.25) is 0 Å². The van der Waals surface area contributed by atoms with E-state index in [0.29, 0.717) is 6.61 Å². The van der Waals surface area contributed by atoms with E-state index in [4.69, 9.17) is 14.6 Å². The van der Waals surface area contributed by atoms with Gasteiger partial charge in [0.15, 0.2) is 0 Å². The van der Waals surface area contributed by atoms with Crippen LogP contribution in [0, 0.1) is 0 Å². The number of carbonyl (C=O) groups is 1. The van der Waals surface area contributed by atoms with Crippen molar-refractivity contribution in [2.45, 2.75) is 38.5 Å². The number of para-hydroxylation sites is 1. The van der Waals surface area contributed by atoms with E-state index in [1.54, 1.807) is 24.3 Å². The minimum Gasteiger partial charge on any atom is -0.494 e. The lowest BCUT2D eigenvalue weighted by atomic mass is 10.1. The number of carboxylic acids is 1. The van der Waals surface area contributed by atoms with Crippen molar-refractivity contribution in [3.63, 3.8) is 0 Å². The van der Waals surface area contributed by atoms with E-state index in [1.165, 1.54) is 19.3 Å². The van der Waals surface area contributed by atoms with Gasteiger partial charge >= 0.3 is 5.97 Å². The van der Waals surface area contributed by atoms with E-state index in [2.05, 4.69) is 0 Å². The molecule has 0 aliphatic carbocycles. The number of rotatable bonds is 12. The van der Waals surface area contributed by atoms with Gasteiger partial charge in [-0.1, -0.05) is 43.9 Å². The Morgan fingerprint density at radius 1 is 0.680 bits per heavy atom. The molecule has 0 aromatic heterocycles. The number of carboxylic acid groups (broad SMARTS) is 1. The van der Waals surface area contributed by atoms with E-state index >= 15 is 0 Å². The van der Waals surface area contributed by atoms with Gasteiger partial charge in [-0.05, 0) is 49.2 Å². The second kappa shape index (κ2) is 11.1. The highest BCUT2D eigenvalue weighted by Crippen LogP contribution is 2.14. The molecule has 0 atom stereocenters. The van der Waals surface area contributed by atoms with E-state index in [-0.39, 0.29) is 5.56 Å². The quantitative estimate of drug-likeness (QED) is 0.540. The monoisotopic (exact) mass is 342 g/mol. The number of unbranched alkanes of at least 4 members (excludes halogenated alkanes) is 5. The molecule has 2 aromatic rings. The van der Waals surface area contributed by atoms with Gasteiger partial charge in [-0.15, -0.1) is 0 Å². The minimum atomic E-state index is -0.916. The lowest BCUT2D eigenvalue weighted by molar-refractivity contribution is 0.0697. The molecule has 0 saturated carbocycles. The molecule has 4 heteroatoms. The van der Waals surface area contributed by atoms with Crippen LogP contribution in [0.4, 0.5) is 0 Å². The Kier molecular flexibility index (Phi) is 8.39. The van der Waals surface area contributed by atoms with Gasteiger partial charge in [0.25, 0.3) is 0 Å². The Hall–Kier alpha value is -2.49. The third-order valence-corrected chi connectivity index (χ3v) is 3.92. The van der Waals surface area contributed by atoms with E-state index in [9.17, 15) is 4.79 Å². The standard InChI is InChI=1S/C21H26O4/c22-21(23)18-12-14-20(15-13-18)25-17-9-4-2-1-3-8-16-24-19-10-6-5-7-11-19/h5-7,10-15H,1-4,8-9,16-17H2,(H,22,23). The lowest BCUT2D eigenvalue weighted by Crippen LogP contribution is -1.99. The topological polar surface area (TPSA) is 55.8 Å². The van der Waals surface area contributed by atoms with Gasteiger partial charge < -0.3 is 14.6 Å². The largest absolute Gasteiger partial charge is 0.494 e. The highest BCUT2D eigenvalue weighted by atomic mass is 16.5. The van der Waals surface area contributed by atoms with E-state index in [1.807, 2.05) is 30.3 Å². The molecule has 0 unspecified atom stereocenters. The SMILES string of the molecule is O=C(O)c1ccc(OCCCCCCCCOc2ccccc2)cc1. The summed E-state index contributed by atoms with van der Waals surface area (Å²) in [5, 5.41) is 8.84. The maximum absolute atomic E-state index is 10.8. The van der Waals surface area contributed by atoms with Crippen molar-refractivity contribution in [3.8, 4) is 11.5 Å². The number of ether oxygens (including phenoxy) is 2. The van der Waals surface area contributed by atoms with Crippen LogP contribution in [0.3, 0.4) is 0 Å². The number of benzene rings is 2. The van der Waals surface area contributed by atoms with Crippen LogP contribution in [0.15, 0.2) is 54.6 Å². The normalized spacial score (nSPS) is 10.4. The predicted molar refractivity (Wildman–Crippen MR) is 98.5 cm³/mol. The highest BCUT2D eigenvalue weighted by Gasteiger charge is 2.02. The third kappa shape index (κ3) is 7.75. The molecule has 0 saturated heterocycles. The van der Waals surface area contributed by atoms with Crippen molar-refractivity contribution in [1.82, 2.24) is 0 Å². The van der Waals surface area contributed by atoms with E-state index < -0.39 is 5.97 Å². The fourth-order valence-electron chi connectivity index (χ4n) is 2.50. The molecule has 0 fully saturated rings. The number of aromatic carboxylic acids is 1. The van der Waals surface area contributed by atoms with Gasteiger partial charge in [-0.25, -0.2) is 4.79 Å². The van der Waals surface area contributed by atoms with Crippen LogP contribution in [-0.4, -0.2) is 24.3 Å². The molecule has 0 spiro atoms. The number of hydrogen-bond donors (Lipinski definition) is 1. The van der Waals surface area contributed by atoms with Crippen molar-refractivity contribution < 1.29 is 19.4 Å². The predicted octanol–water partition coefficient (Wildman–Crippen LogP) is 5.18. The summed E-state index contributed by atoms with van der Waals surface area (Å²) >= 11 is 0. The molecule has 0 aliphatic rings. The Morgan fingerprint density at radius 2 is 1.16 bits per heavy atom. The smallest absolute Gasteiger partial charge is 0.335 e. The Balaban J connectivity index is 1.42. The molecule has 0 radical (unpaired) electrons. The van der Waals surface area contributed by atoms with Crippen molar-refractivity contribution in [2.75, 3.05) is 13.2 Å². The highest BCUT2D eigenvalue weighted by molar-refractivity contribution is 5.87. The van der Waals surface area contributed by atoms with Crippen molar-refractivity contribution in [1.29, 1.82) is 0 Å². The van der Waals surface area contributed by atoms with E-state index in [0.717, 1.165) is 37.4 Å². The second-order valence-electron chi connectivity index (χ2n) is 5.96. The summed E-state index contributed by atoms with van der Waals surface area (Å²) in [6.45, 7) is 1.45. The molecule has 25 heavy (non-hydrogen) atoms. The second-order valence-corrected chi connectivity index (χ2v) is 5.96. The maximum atomic E-state index is 10.8. The van der Waals surface area contributed by atoms with Gasteiger partial charge in [0.05, 0.1) is 18.8 Å². The van der Waals surface area contributed by atoms with Crippen LogP contribution >= 0.6 is 0 Å².